The van der Waals surface area contributed by atoms with Crippen molar-refractivity contribution in [2.24, 2.45) is 4.99 Å². The molecule has 0 saturated carbocycles. The van der Waals surface area contributed by atoms with Crippen molar-refractivity contribution in [3.8, 4) is 0 Å². The van der Waals surface area contributed by atoms with Crippen molar-refractivity contribution in [2.45, 2.75) is 12.8 Å². The van der Waals surface area contributed by atoms with Crippen molar-refractivity contribution < 1.29 is 10.0 Å². The molecule has 0 saturated heterocycles. The Hall–Kier alpha value is -3.51. The van der Waals surface area contributed by atoms with E-state index >= 15 is 0 Å². The molecule has 6 heteroatoms. The molecular formula is C21H17N3O3. The second kappa shape index (κ2) is 7.01. The molecule has 0 radical (unpaired) electrons. The number of non-ortho nitro benzene ring substituents is 1. The lowest BCUT2D eigenvalue weighted by molar-refractivity contribution is -0.384. The first-order chi connectivity index (χ1) is 13.1. The van der Waals surface area contributed by atoms with Crippen LogP contribution in [0.25, 0.3) is 0 Å². The Morgan fingerprint density at radius 1 is 1.00 bits per heavy atom. The molecule has 6 nitrogen and oxygen atoms in total. The smallest absolute Gasteiger partial charge is 0.270 e. The van der Waals surface area contributed by atoms with Gasteiger partial charge < -0.3 is 10.0 Å². The van der Waals surface area contributed by atoms with Crippen molar-refractivity contribution in [3.63, 3.8) is 0 Å². The van der Waals surface area contributed by atoms with Crippen LogP contribution in [-0.2, 0) is 6.54 Å². The van der Waals surface area contributed by atoms with E-state index < -0.39 is 11.2 Å². The second-order valence-corrected chi connectivity index (χ2v) is 6.28. The summed E-state index contributed by atoms with van der Waals surface area (Å²) in [6.07, 6.45) is -1.01. The minimum Gasteiger partial charge on any atom is -0.368 e. The predicted octanol–water partition coefficient (Wildman–Crippen LogP) is 4.05. The van der Waals surface area contributed by atoms with E-state index in [-0.39, 0.29) is 5.69 Å². The van der Waals surface area contributed by atoms with Crippen molar-refractivity contribution in [2.75, 3.05) is 4.90 Å². The fraction of sp³-hybridized carbons (Fsp3) is 0.0952. The van der Waals surface area contributed by atoms with Gasteiger partial charge in [-0.05, 0) is 17.7 Å². The average Bonchev–Trinajstić information content (AvgIpc) is 2.71. The molecule has 3 aromatic carbocycles. The molecule has 1 atom stereocenters. The molecule has 27 heavy (non-hydrogen) atoms. The van der Waals surface area contributed by atoms with Crippen LogP contribution in [0.5, 0.6) is 0 Å². The summed E-state index contributed by atoms with van der Waals surface area (Å²) in [6, 6.07) is 23.6. The Bertz CT molecular complexity index is 1020. The maximum absolute atomic E-state index is 11.1. The topological polar surface area (TPSA) is 79.0 Å². The molecule has 1 heterocycles. The van der Waals surface area contributed by atoms with E-state index in [1.54, 1.807) is 12.1 Å². The van der Waals surface area contributed by atoms with Crippen LogP contribution < -0.4 is 4.90 Å². The Balaban J connectivity index is 1.78. The van der Waals surface area contributed by atoms with Crippen molar-refractivity contribution in [1.82, 2.24) is 0 Å². The summed E-state index contributed by atoms with van der Waals surface area (Å²) < 4.78 is 0. The van der Waals surface area contributed by atoms with Gasteiger partial charge in [0.05, 0.1) is 22.0 Å². The van der Waals surface area contributed by atoms with Crippen LogP contribution in [-0.4, -0.2) is 22.0 Å². The summed E-state index contributed by atoms with van der Waals surface area (Å²) in [4.78, 5) is 17.1. The van der Waals surface area contributed by atoms with Crippen molar-refractivity contribution in [3.05, 3.63) is 100 Å². The highest BCUT2D eigenvalue weighted by molar-refractivity contribution is 6.09. The molecule has 1 aliphatic heterocycles. The number of nitrogens with zero attached hydrogens (tertiary/aromatic N) is 3. The van der Waals surface area contributed by atoms with Crippen LogP contribution in [0.2, 0.25) is 0 Å². The third-order valence-corrected chi connectivity index (χ3v) is 4.52. The predicted molar refractivity (Wildman–Crippen MR) is 104 cm³/mol. The molecule has 0 aromatic heterocycles. The summed E-state index contributed by atoms with van der Waals surface area (Å²) >= 11 is 0. The Labute approximate surface area is 156 Å². The first-order valence-electron chi connectivity index (χ1n) is 8.54. The highest BCUT2D eigenvalue weighted by atomic mass is 16.6. The number of aliphatic hydroxyl groups is 1. The molecule has 3 aromatic rings. The van der Waals surface area contributed by atoms with Gasteiger partial charge in [-0.3, -0.25) is 10.1 Å². The number of fused-ring (bicyclic) bond motifs is 1. The van der Waals surface area contributed by atoms with E-state index in [0.29, 0.717) is 17.8 Å². The van der Waals surface area contributed by atoms with Gasteiger partial charge in [-0.2, -0.15) is 0 Å². The molecule has 0 aliphatic carbocycles. The number of aliphatic hydroxyl groups excluding tert-OH is 1. The third kappa shape index (κ3) is 3.30. The Kier molecular flexibility index (Phi) is 4.40. The first-order valence-corrected chi connectivity index (χ1v) is 8.54. The fourth-order valence-electron chi connectivity index (χ4n) is 3.21. The highest BCUT2D eigenvalue weighted by Gasteiger charge is 2.30. The minimum absolute atomic E-state index is 0.0316. The molecule has 4 rings (SSSR count). The molecule has 1 aliphatic rings. The number of nitro groups is 1. The number of hydrogen-bond acceptors (Lipinski definition) is 5. The standard InChI is InChI=1S/C21H17N3O3/c25-21-20(16-9-6-10-17(13-16)24(26)27)22-18-11-4-5-12-19(18)23(21)14-15-7-2-1-3-8-15/h1-13,21,25H,14H2. The molecule has 1 unspecified atom stereocenters. The number of hydrogen-bond donors (Lipinski definition) is 1. The summed E-state index contributed by atoms with van der Waals surface area (Å²) in [7, 11) is 0. The summed E-state index contributed by atoms with van der Waals surface area (Å²) in [6.45, 7) is 0.493. The molecule has 1 N–H and O–H groups in total. The van der Waals surface area contributed by atoms with Crippen LogP contribution in [0.1, 0.15) is 11.1 Å². The van der Waals surface area contributed by atoms with E-state index in [0.717, 1.165) is 16.9 Å². The lowest BCUT2D eigenvalue weighted by atomic mass is 10.0. The monoisotopic (exact) mass is 359 g/mol. The molecule has 0 bridgehead atoms. The van der Waals surface area contributed by atoms with E-state index in [9.17, 15) is 15.2 Å². The van der Waals surface area contributed by atoms with Crippen LogP contribution >= 0.6 is 0 Å². The van der Waals surface area contributed by atoms with E-state index in [1.165, 1.54) is 12.1 Å². The first kappa shape index (κ1) is 16.9. The van der Waals surface area contributed by atoms with E-state index in [1.807, 2.05) is 59.5 Å². The van der Waals surface area contributed by atoms with Crippen LogP contribution in [0.15, 0.2) is 83.9 Å². The molecule has 0 fully saturated rings. The average molecular weight is 359 g/mol. The maximum atomic E-state index is 11.1. The maximum Gasteiger partial charge on any atom is 0.270 e. The zero-order valence-electron chi connectivity index (χ0n) is 14.4. The number of anilines is 1. The van der Waals surface area contributed by atoms with Gasteiger partial charge in [-0.25, -0.2) is 4.99 Å². The van der Waals surface area contributed by atoms with Crippen molar-refractivity contribution >= 4 is 22.8 Å². The van der Waals surface area contributed by atoms with Gasteiger partial charge in [-0.15, -0.1) is 0 Å². The zero-order chi connectivity index (χ0) is 18.8. The van der Waals surface area contributed by atoms with Gasteiger partial charge in [0.1, 0.15) is 0 Å². The third-order valence-electron chi connectivity index (χ3n) is 4.52. The highest BCUT2D eigenvalue weighted by Crippen LogP contribution is 2.36. The lowest BCUT2D eigenvalue weighted by Crippen LogP contribution is -2.43. The zero-order valence-corrected chi connectivity index (χ0v) is 14.4. The second-order valence-electron chi connectivity index (χ2n) is 6.28. The number of rotatable bonds is 4. The van der Waals surface area contributed by atoms with Gasteiger partial charge >= 0.3 is 0 Å². The van der Waals surface area contributed by atoms with Crippen molar-refractivity contribution in [1.29, 1.82) is 0 Å². The quantitative estimate of drug-likeness (QED) is 0.563. The number of nitro benzene ring substituents is 1. The Morgan fingerprint density at radius 2 is 1.74 bits per heavy atom. The summed E-state index contributed by atoms with van der Waals surface area (Å²) in [5.41, 5.74) is 3.49. The molecule has 134 valence electrons. The normalized spacial score (nSPS) is 15.8. The lowest BCUT2D eigenvalue weighted by Gasteiger charge is -2.35. The summed E-state index contributed by atoms with van der Waals surface area (Å²) in [5.74, 6) is 0. The molecule has 0 spiro atoms. The largest absolute Gasteiger partial charge is 0.368 e. The number of benzene rings is 3. The number of aliphatic imine (C=N–C) groups is 1. The Morgan fingerprint density at radius 3 is 2.52 bits per heavy atom. The van der Waals surface area contributed by atoms with Gasteiger partial charge in [-0.1, -0.05) is 54.6 Å². The van der Waals surface area contributed by atoms with Crippen LogP contribution in [0, 0.1) is 10.1 Å². The number of para-hydroxylation sites is 2. The SMILES string of the molecule is O=[N+]([O-])c1cccc(C2=Nc3ccccc3N(Cc3ccccc3)C2O)c1. The summed E-state index contributed by atoms with van der Waals surface area (Å²) in [5, 5.41) is 22.2. The van der Waals surface area contributed by atoms with Crippen LogP contribution in [0.3, 0.4) is 0 Å². The minimum atomic E-state index is -1.01. The van der Waals surface area contributed by atoms with Gasteiger partial charge in [0.2, 0.25) is 0 Å². The van der Waals surface area contributed by atoms with Crippen LogP contribution in [0.4, 0.5) is 17.1 Å². The fourth-order valence-corrected chi connectivity index (χ4v) is 3.21. The van der Waals surface area contributed by atoms with E-state index in [2.05, 4.69) is 4.99 Å². The van der Waals surface area contributed by atoms with Gasteiger partial charge in [0.15, 0.2) is 6.23 Å². The van der Waals surface area contributed by atoms with Gasteiger partial charge in [0, 0.05) is 24.2 Å². The molecular weight excluding hydrogens is 342 g/mol. The molecule has 0 amide bonds. The van der Waals surface area contributed by atoms with Gasteiger partial charge in [0.25, 0.3) is 5.69 Å². The van der Waals surface area contributed by atoms with E-state index in [4.69, 9.17) is 0 Å².